The Morgan fingerprint density at radius 2 is 2.05 bits per heavy atom. The summed E-state index contributed by atoms with van der Waals surface area (Å²) < 4.78 is 27.2. The van der Waals surface area contributed by atoms with E-state index in [0.717, 1.165) is 0 Å². The minimum atomic E-state index is -3.59. The molecule has 0 aliphatic carbocycles. The molecule has 0 radical (unpaired) electrons. The maximum atomic E-state index is 12.3. The molecule has 0 aliphatic heterocycles. The Hall–Kier alpha value is -2.56. The number of sulfonamides is 1. The van der Waals surface area contributed by atoms with Crippen molar-refractivity contribution >= 4 is 21.6 Å². The SMILES string of the molecule is C#Cc1cccc(NC(=O)c2cc(S(=O)(=O)NC)cn2C)c1. The Morgan fingerprint density at radius 1 is 1.32 bits per heavy atom. The number of benzene rings is 1. The second-order valence-electron chi connectivity index (χ2n) is 4.56. The van der Waals surface area contributed by atoms with E-state index in [1.165, 1.54) is 23.9 Å². The van der Waals surface area contributed by atoms with Crippen LogP contribution in [0.1, 0.15) is 16.1 Å². The van der Waals surface area contributed by atoms with E-state index in [0.29, 0.717) is 11.3 Å². The van der Waals surface area contributed by atoms with Crippen LogP contribution in [0.4, 0.5) is 5.69 Å². The van der Waals surface area contributed by atoms with Crippen LogP contribution in [0, 0.1) is 12.3 Å². The number of carbonyl (C=O) groups excluding carboxylic acids is 1. The van der Waals surface area contributed by atoms with Gasteiger partial charge < -0.3 is 9.88 Å². The fourth-order valence-electron chi connectivity index (χ4n) is 1.91. The molecule has 0 unspecified atom stereocenters. The van der Waals surface area contributed by atoms with Crippen molar-refractivity contribution in [3.63, 3.8) is 0 Å². The van der Waals surface area contributed by atoms with Crippen molar-refractivity contribution in [3.8, 4) is 12.3 Å². The number of hydrogen-bond donors (Lipinski definition) is 2. The van der Waals surface area contributed by atoms with Gasteiger partial charge in [-0.15, -0.1) is 6.42 Å². The van der Waals surface area contributed by atoms with Crippen LogP contribution in [-0.4, -0.2) is 25.9 Å². The predicted octanol–water partition coefficient (Wildman–Crippen LogP) is 1.17. The summed E-state index contributed by atoms with van der Waals surface area (Å²) in [6, 6.07) is 8.15. The van der Waals surface area contributed by atoms with Crippen LogP contribution in [0.3, 0.4) is 0 Å². The van der Waals surface area contributed by atoms with Gasteiger partial charge in [-0.2, -0.15) is 0 Å². The zero-order valence-electron chi connectivity index (χ0n) is 12.1. The summed E-state index contributed by atoms with van der Waals surface area (Å²) in [5.74, 6) is 2.06. The minimum Gasteiger partial charge on any atom is -0.345 e. The molecule has 1 amide bonds. The lowest BCUT2D eigenvalue weighted by molar-refractivity contribution is 0.101. The molecule has 0 atom stereocenters. The van der Waals surface area contributed by atoms with Crippen molar-refractivity contribution in [2.24, 2.45) is 7.05 Å². The smallest absolute Gasteiger partial charge is 0.272 e. The van der Waals surface area contributed by atoms with Crippen LogP contribution in [0.25, 0.3) is 0 Å². The number of terminal acetylenes is 1. The van der Waals surface area contributed by atoms with Crippen LogP contribution in [0.2, 0.25) is 0 Å². The highest BCUT2D eigenvalue weighted by atomic mass is 32.2. The Kier molecular flexibility index (Phi) is 4.35. The number of hydrogen-bond acceptors (Lipinski definition) is 3. The van der Waals surface area contributed by atoms with Crippen molar-refractivity contribution in [3.05, 3.63) is 47.8 Å². The van der Waals surface area contributed by atoms with Gasteiger partial charge in [-0.25, -0.2) is 13.1 Å². The fourth-order valence-corrected chi connectivity index (χ4v) is 2.71. The summed E-state index contributed by atoms with van der Waals surface area (Å²) in [6.45, 7) is 0. The van der Waals surface area contributed by atoms with E-state index >= 15 is 0 Å². The first-order valence-electron chi connectivity index (χ1n) is 6.35. The van der Waals surface area contributed by atoms with Crippen LogP contribution >= 0.6 is 0 Å². The highest BCUT2D eigenvalue weighted by Gasteiger charge is 2.19. The zero-order chi connectivity index (χ0) is 16.3. The molecule has 0 saturated carbocycles. The number of aromatic nitrogens is 1. The third-order valence-corrected chi connectivity index (χ3v) is 4.46. The lowest BCUT2D eigenvalue weighted by Crippen LogP contribution is -2.18. The Balaban J connectivity index is 2.29. The molecule has 2 rings (SSSR count). The van der Waals surface area contributed by atoms with E-state index in [1.54, 1.807) is 31.3 Å². The largest absolute Gasteiger partial charge is 0.345 e. The quantitative estimate of drug-likeness (QED) is 0.831. The second kappa shape index (κ2) is 6.05. The molecule has 0 saturated heterocycles. The first-order chi connectivity index (χ1) is 10.4. The minimum absolute atomic E-state index is 0.0278. The van der Waals surface area contributed by atoms with E-state index < -0.39 is 15.9 Å². The van der Waals surface area contributed by atoms with Crippen molar-refractivity contribution < 1.29 is 13.2 Å². The first kappa shape index (κ1) is 15.8. The van der Waals surface area contributed by atoms with Crippen LogP contribution in [0.5, 0.6) is 0 Å². The van der Waals surface area contributed by atoms with Gasteiger partial charge >= 0.3 is 0 Å². The molecule has 1 aromatic heterocycles. The van der Waals surface area contributed by atoms with Crippen molar-refractivity contribution in [1.29, 1.82) is 0 Å². The molecule has 114 valence electrons. The van der Waals surface area contributed by atoms with Crippen LogP contribution in [0.15, 0.2) is 41.4 Å². The third-order valence-electron chi connectivity index (χ3n) is 3.08. The van der Waals surface area contributed by atoms with E-state index in [1.807, 2.05) is 0 Å². The average Bonchev–Trinajstić information content (AvgIpc) is 2.90. The first-order valence-corrected chi connectivity index (χ1v) is 7.83. The summed E-state index contributed by atoms with van der Waals surface area (Å²) >= 11 is 0. The molecule has 2 aromatic rings. The number of nitrogens with one attached hydrogen (secondary N) is 2. The Labute approximate surface area is 129 Å². The Bertz CT molecular complexity index is 860. The van der Waals surface area contributed by atoms with E-state index in [9.17, 15) is 13.2 Å². The zero-order valence-corrected chi connectivity index (χ0v) is 12.9. The number of amides is 1. The molecule has 0 fully saturated rings. The number of carbonyl (C=O) groups is 1. The van der Waals surface area contributed by atoms with Gasteiger partial charge in [-0.3, -0.25) is 4.79 Å². The molecule has 0 bridgehead atoms. The molecular weight excluding hydrogens is 302 g/mol. The molecule has 2 N–H and O–H groups in total. The van der Waals surface area contributed by atoms with E-state index in [2.05, 4.69) is 16.0 Å². The van der Waals surface area contributed by atoms with Gasteiger partial charge in [-0.1, -0.05) is 12.0 Å². The normalized spacial score (nSPS) is 11.0. The summed E-state index contributed by atoms with van der Waals surface area (Å²) in [7, 11) is -0.683. The van der Waals surface area contributed by atoms with Crippen molar-refractivity contribution in [2.75, 3.05) is 12.4 Å². The topological polar surface area (TPSA) is 80.2 Å². The number of anilines is 1. The fraction of sp³-hybridized carbons (Fsp3) is 0.133. The van der Waals surface area contributed by atoms with Crippen LogP contribution in [-0.2, 0) is 17.1 Å². The van der Waals surface area contributed by atoms with Crippen LogP contribution < -0.4 is 10.0 Å². The predicted molar refractivity (Wildman–Crippen MR) is 84.0 cm³/mol. The van der Waals surface area contributed by atoms with Gasteiger partial charge in [0.15, 0.2) is 0 Å². The Morgan fingerprint density at radius 3 is 2.68 bits per heavy atom. The lowest BCUT2D eigenvalue weighted by Gasteiger charge is -2.06. The maximum absolute atomic E-state index is 12.3. The summed E-state index contributed by atoms with van der Waals surface area (Å²) in [5, 5.41) is 2.69. The number of aryl methyl sites for hydroxylation is 1. The highest BCUT2D eigenvalue weighted by Crippen LogP contribution is 2.16. The summed E-state index contributed by atoms with van der Waals surface area (Å²) in [6.07, 6.45) is 6.68. The van der Waals surface area contributed by atoms with Gasteiger partial charge in [0, 0.05) is 24.5 Å². The van der Waals surface area contributed by atoms with Crippen molar-refractivity contribution in [1.82, 2.24) is 9.29 Å². The molecule has 1 heterocycles. The van der Waals surface area contributed by atoms with E-state index in [-0.39, 0.29) is 10.6 Å². The number of rotatable bonds is 4. The van der Waals surface area contributed by atoms with E-state index in [4.69, 9.17) is 6.42 Å². The van der Waals surface area contributed by atoms with Gasteiger partial charge in [0.1, 0.15) is 10.6 Å². The average molecular weight is 317 g/mol. The molecule has 0 aliphatic rings. The maximum Gasteiger partial charge on any atom is 0.272 e. The lowest BCUT2D eigenvalue weighted by atomic mass is 10.2. The number of nitrogens with zero attached hydrogens (tertiary/aromatic N) is 1. The van der Waals surface area contributed by atoms with Crippen molar-refractivity contribution in [2.45, 2.75) is 4.90 Å². The summed E-state index contributed by atoms with van der Waals surface area (Å²) in [4.78, 5) is 12.3. The van der Waals surface area contributed by atoms with Gasteiger partial charge in [-0.05, 0) is 31.3 Å². The van der Waals surface area contributed by atoms with Gasteiger partial charge in [0.2, 0.25) is 10.0 Å². The second-order valence-corrected chi connectivity index (χ2v) is 6.45. The molecule has 1 aromatic carbocycles. The molecule has 7 heteroatoms. The highest BCUT2D eigenvalue weighted by molar-refractivity contribution is 7.89. The monoisotopic (exact) mass is 317 g/mol. The van der Waals surface area contributed by atoms with Gasteiger partial charge in [0.25, 0.3) is 5.91 Å². The molecular formula is C15H15N3O3S. The van der Waals surface area contributed by atoms with Gasteiger partial charge in [0.05, 0.1) is 0 Å². The standard InChI is InChI=1S/C15H15N3O3S/c1-4-11-6-5-7-12(8-11)17-15(19)14-9-13(10-18(14)3)22(20,21)16-2/h1,5-10,16H,2-3H3,(H,17,19). The molecule has 22 heavy (non-hydrogen) atoms. The molecule has 0 spiro atoms. The summed E-state index contributed by atoms with van der Waals surface area (Å²) in [5.41, 5.74) is 1.41. The molecule has 6 nitrogen and oxygen atoms in total. The third kappa shape index (κ3) is 3.19.